The van der Waals surface area contributed by atoms with E-state index in [9.17, 15) is 9.90 Å². The lowest BCUT2D eigenvalue weighted by Crippen LogP contribution is -2.37. The number of pyridine rings is 1. The number of aryl methyl sites for hydroxylation is 1. The van der Waals surface area contributed by atoms with E-state index in [1.54, 1.807) is 12.1 Å². The Kier molecular flexibility index (Phi) is 5.61. The molecule has 4 N–H and O–H groups in total. The van der Waals surface area contributed by atoms with Crippen LogP contribution in [0.3, 0.4) is 0 Å². The molecule has 0 aliphatic carbocycles. The van der Waals surface area contributed by atoms with Crippen molar-refractivity contribution in [3.63, 3.8) is 0 Å². The smallest absolute Gasteiger partial charge is 0.337 e. The number of aromatic nitrogens is 1. The van der Waals surface area contributed by atoms with Gasteiger partial charge in [0.1, 0.15) is 11.6 Å². The summed E-state index contributed by atoms with van der Waals surface area (Å²) in [4.78, 5) is 18.0. The minimum Gasteiger partial charge on any atom is -0.478 e. The third-order valence-corrected chi connectivity index (χ3v) is 4.87. The van der Waals surface area contributed by atoms with Gasteiger partial charge in [-0.25, -0.2) is 9.78 Å². The van der Waals surface area contributed by atoms with E-state index in [2.05, 4.69) is 15.2 Å². The van der Waals surface area contributed by atoms with E-state index in [4.69, 9.17) is 5.73 Å². The Morgan fingerprint density at radius 1 is 1.38 bits per heavy atom. The zero-order valence-electron chi connectivity index (χ0n) is 15.1. The van der Waals surface area contributed by atoms with Crippen LogP contribution in [-0.4, -0.2) is 35.7 Å². The molecule has 1 aromatic carbocycles. The molecule has 0 saturated carbocycles. The van der Waals surface area contributed by atoms with Gasteiger partial charge < -0.3 is 21.1 Å². The number of nitrogens with zero attached hydrogens (tertiary/aromatic N) is 2. The molecule has 0 spiro atoms. The fraction of sp³-hybridized carbons (Fsp3) is 0.400. The molecule has 1 aliphatic rings. The lowest BCUT2D eigenvalue weighted by Gasteiger charge is -2.35. The lowest BCUT2D eigenvalue weighted by atomic mass is 9.93. The number of hydrogen-bond donors (Lipinski definition) is 3. The SMILES string of the molecule is Cc1ccc(C(=O)O)c(N2CCCC(CCNc3cccc(N)n3)C2)c1. The molecule has 26 heavy (non-hydrogen) atoms. The summed E-state index contributed by atoms with van der Waals surface area (Å²) in [7, 11) is 0. The van der Waals surface area contributed by atoms with Crippen molar-refractivity contribution in [1.82, 2.24) is 4.98 Å². The standard InChI is InChI=1S/C20H26N4O2/c1-14-7-8-16(20(25)26)17(12-14)24-11-3-4-15(13-24)9-10-22-19-6-2-5-18(21)23-19/h2,5-8,12,15H,3-4,9-11,13H2,1H3,(H,25,26)(H3,21,22,23). The molecule has 3 rings (SSSR count). The molecular formula is C20H26N4O2. The van der Waals surface area contributed by atoms with Crippen LogP contribution in [0.1, 0.15) is 35.2 Å². The number of nitrogens with two attached hydrogens (primary N) is 1. The fourth-order valence-electron chi connectivity index (χ4n) is 3.56. The predicted molar refractivity (Wildman–Crippen MR) is 105 cm³/mol. The van der Waals surface area contributed by atoms with Gasteiger partial charge in [-0.15, -0.1) is 0 Å². The highest BCUT2D eigenvalue weighted by atomic mass is 16.4. The average Bonchev–Trinajstić information content (AvgIpc) is 2.62. The number of carbonyl (C=O) groups is 1. The highest BCUT2D eigenvalue weighted by Gasteiger charge is 2.23. The van der Waals surface area contributed by atoms with Crippen molar-refractivity contribution in [2.45, 2.75) is 26.2 Å². The van der Waals surface area contributed by atoms with Gasteiger partial charge in [-0.2, -0.15) is 0 Å². The number of benzene rings is 1. The fourth-order valence-corrected chi connectivity index (χ4v) is 3.56. The average molecular weight is 354 g/mol. The number of anilines is 3. The van der Waals surface area contributed by atoms with Gasteiger partial charge in [-0.1, -0.05) is 12.1 Å². The predicted octanol–water partition coefficient (Wildman–Crippen LogP) is 3.39. The van der Waals surface area contributed by atoms with Crippen LogP contribution in [0.2, 0.25) is 0 Å². The molecule has 0 bridgehead atoms. The van der Waals surface area contributed by atoms with Gasteiger partial charge in [0.25, 0.3) is 0 Å². The molecule has 0 amide bonds. The third kappa shape index (κ3) is 4.45. The minimum atomic E-state index is -0.864. The quantitative estimate of drug-likeness (QED) is 0.736. The highest BCUT2D eigenvalue weighted by Crippen LogP contribution is 2.29. The molecule has 1 fully saturated rings. The van der Waals surface area contributed by atoms with Crippen molar-refractivity contribution in [2.24, 2.45) is 5.92 Å². The van der Waals surface area contributed by atoms with Gasteiger partial charge in [-0.05, 0) is 61.9 Å². The summed E-state index contributed by atoms with van der Waals surface area (Å²) in [5, 5.41) is 12.8. The first-order valence-corrected chi connectivity index (χ1v) is 9.08. The van der Waals surface area contributed by atoms with Crippen LogP contribution in [0, 0.1) is 12.8 Å². The summed E-state index contributed by atoms with van der Waals surface area (Å²) in [5.41, 5.74) is 8.01. The van der Waals surface area contributed by atoms with Gasteiger partial charge in [0.15, 0.2) is 0 Å². The largest absolute Gasteiger partial charge is 0.478 e. The van der Waals surface area contributed by atoms with Crippen LogP contribution in [-0.2, 0) is 0 Å². The second-order valence-corrected chi connectivity index (χ2v) is 6.94. The molecular weight excluding hydrogens is 328 g/mol. The number of piperidine rings is 1. The van der Waals surface area contributed by atoms with Crippen LogP contribution in [0.15, 0.2) is 36.4 Å². The molecule has 1 saturated heterocycles. The number of rotatable bonds is 6. The summed E-state index contributed by atoms with van der Waals surface area (Å²) in [5.74, 6) is 0.972. The van der Waals surface area contributed by atoms with E-state index in [0.717, 1.165) is 56.0 Å². The van der Waals surface area contributed by atoms with Crippen LogP contribution in [0.25, 0.3) is 0 Å². The lowest BCUT2D eigenvalue weighted by molar-refractivity contribution is 0.0697. The Balaban J connectivity index is 1.61. The van der Waals surface area contributed by atoms with Crippen molar-refractivity contribution in [1.29, 1.82) is 0 Å². The number of carboxylic acid groups (broad SMARTS) is 1. The molecule has 6 nitrogen and oxygen atoms in total. The Hall–Kier alpha value is -2.76. The number of nitrogen functional groups attached to an aromatic ring is 1. The molecule has 2 heterocycles. The maximum atomic E-state index is 11.6. The molecule has 2 aromatic rings. The van der Waals surface area contributed by atoms with E-state index in [0.29, 0.717) is 17.3 Å². The van der Waals surface area contributed by atoms with Gasteiger partial charge in [-0.3, -0.25) is 0 Å². The van der Waals surface area contributed by atoms with Crippen molar-refractivity contribution in [3.8, 4) is 0 Å². The van der Waals surface area contributed by atoms with E-state index in [1.807, 2.05) is 31.2 Å². The molecule has 1 unspecified atom stereocenters. The van der Waals surface area contributed by atoms with Gasteiger partial charge in [0, 0.05) is 19.6 Å². The maximum absolute atomic E-state index is 11.6. The monoisotopic (exact) mass is 354 g/mol. The van der Waals surface area contributed by atoms with Gasteiger partial charge in [0.05, 0.1) is 11.3 Å². The van der Waals surface area contributed by atoms with Crippen LogP contribution < -0.4 is 16.0 Å². The number of carboxylic acids is 1. The Bertz CT molecular complexity index is 778. The maximum Gasteiger partial charge on any atom is 0.337 e. The minimum absolute atomic E-state index is 0.387. The van der Waals surface area contributed by atoms with Gasteiger partial charge in [0.2, 0.25) is 0 Å². The number of aromatic carboxylic acids is 1. The Labute approximate surface area is 154 Å². The summed E-state index contributed by atoms with van der Waals surface area (Å²) in [6.07, 6.45) is 3.26. The second-order valence-electron chi connectivity index (χ2n) is 6.94. The summed E-state index contributed by atoms with van der Waals surface area (Å²) < 4.78 is 0. The normalized spacial score (nSPS) is 17.1. The molecule has 138 valence electrons. The molecule has 1 aromatic heterocycles. The van der Waals surface area contributed by atoms with E-state index in [-0.39, 0.29) is 0 Å². The van der Waals surface area contributed by atoms with Crippen molar-refractivity contribution >= 4 is 23.3 Å². The first kappa shape index (κ1) is 18.0. The summed E-state index contributed by atoms with van der Waals surface area (Å²) in [6.45, 7) is 4.62. The van der Waals surface area contributed by atoms with Crippen molar-refractivity contribution in [2.75, 3.05) is 35.6 Å². The van der Waals surface area contributed by atoms with Crippen molar-refractivity contribution < 1.29 is 9.90 Å². The van der Waals surface area contributed by atoms with E-state index < -0.39 is 5.97 Å². The first-order valence-electron chi connectivity index (χ1n) is 9.08. The number of nitrogens with one attached hydrogen (secondary N) is 1. The second kappa shape index (κ2) is 8.08. The molecule has 6 heteroatoms. The molecule has 0 radical (unpaired) electrons. The Morgan fingerprint density at radius 2 is 2.23 bits per heavy atom. The first-order chi connectivity index (χ1) is 12.5. The van der Waals surface area contributed by atoms with Crippen LogP contribution in [0.4, 0.5) is 17.3 Å². The molecule has 1 atom stereocenters. The van der Waals surface area contributed by atoms with Crippen LogP contribution in [0.5, 0.6) is 0 Å². The Morgan fingerprint density at radius 3 is 3.00 bits per heavy atom. The van der Waals surface area contributed by atoms with E-state index in [1.165, 1.54) is 0 Å². The molecule has 1 aliphatic heterocycles. The third-order valence-electron chi connectivity index (χ3n) is 4.87. The van der Waals surface area contributed by atoms with Crippen molar-refractivity contribution in [3.05, 3.63) is 47.5 Å². The summed E-state index contributed by atoms with van der Waals surface area (Å²) >= 11 is 0. The summed E-state index contributed by atoms with van der Waals surface area (Å²) in [6, 6.07) is 11.1. The number of hydrogen-bond acceptors (Lipinski definition) is 5. The van der Waals surface area contributed by atoms with Gasteiger partial charge >= 0.3 is 5.97 Å². The van der Waals surface area contributed by atoms with Crippen LogP contribution >= 0.6 is 0 Å². The zero-order chi connectivity index (χ0) is 18.5. The topological polar surface area (TPSA) is 91.5 Å². The zero-order valence-corrected chi connectivity index (χ0v) is 15.1. The highest BCUT2D eigenvalue weighted by molar-refractivity contribution is 5.94. The van der Waals surface area contributed by atoms with E-state index >= 15 is 0 Å².